The van der Waals surface area contributed by atoms with Crippen LogP contribution >= 0.6 is 22.6 Å². The van der Waals surface area contributed by atoms with Crippen LogP contribution in [0.15, 0.2) is 18.2 Å². The van der Waals surface area contributed by atoms with Gasteiger partial charge in [-0.25, -0.2) is 0 Å². The van der Waals surface area contributed by atoms with Crippen LogP contribution in [-0.4, -0.2) is 35.5 Å². The lowest BCUT2D eigenvalue weighted by Gasteiger charge is -2.33. The molecule has 1 heterocycles. The molecule has 2 rings (SSSR count). The predicted molar refractivity (Wildman–Crippen MR) is 93.8 cm³/mol. The Kier molecular flexibility index (Phi) is 6.22. The minimum atomic E-state index is -0.322. The van der Waals surface area contributed by atoms with Crippen molar-refractivity contribution in [3.05, 3.63) is 31.9 Å². The Morgan fingerprint density at radius 2 is 2.29 bits per heavy atom. The fraction of sp³-hybridized carbons (Fsp3) is 0.600. The van der Waals surface area contributed by atoms with Gasteiger partial charge < -0.3 is 10.2 Å². The van der Waals surface area contributed by atoms with E-state index in [9.17, 15) is 10.1 Å². The van der Waals surface area contributed by atoms with E-state index < -0.39 is 0 Å². The summed E-state index contributed by atoms with van der Waals surface area (Å²) >= 11 is 2.09. The molecule has 1 atom stereocenters. The lowest BCUT2D eigenvalue weighted by molar-refractivity contribution is -0.384. The number of hydrogen-bond acceptors (Lipinski definition) is 4. The Bertz CT molecular complexity index is 496. The van der Waals surface area contributed by atoms with Crippen molar-refractivity contribution in [1.82, 2.24) is 4.90 Å². The highest BCUT2D eigenvalue weighted by molar-refractivity contribution is 14.1. The maximum absolute atomic E-state index is 11.1. The molecule has 1 aromatic carbocycles. The summed E-state index contributed by atoms with van der Waals surface area (Å²) in [6, 6.07) is 5.97. The van der Waals surface area contributed by atoms with Crippen LogP contribution in [0, 0.1) is 13.7 Å². The quantitative estimate of drug-likeness (QED) is 0.339. The summed E-state index contributed by atoms with van der Waals surface area (Å²) < 4.78 is 0.881. The molecule has 1 fully saturated rings. The second-order valence-electron chi connectivity index (χ2n) is 5.58. The van der Waals surface area contributed by atoms with Crippen LogP contribution in [0.5, 0.6) is 0 Å². The second-order valence-corrected chi connectivity index (χ2v) is 6.83. The van der Waals surface area contributed by atoms with E-state index >= 15 is 0 Å². The first-order chi connectivity index (χ1) is 10.1. The van der Waals surface area contributed by atoms with E-state index in [-0.39, 0.29) is 10.6 Å². The van der Waals surface area contributed by atoms with Gasteiger partial charge in [0.05, 0.1) is 4.92 Å². The number of nitrogens with one attached hydrogen (secondary N) is 1. The van der Waals surface area contributed by atoms with Gasteiger partial charge >= 0.3 is 0 Å². The van der Waals surface area contributed by atoms with E-state index in [0.717, 1.165) is 23.1 Å². The lowest BCUT2D eigenvalue weighted by Crippen LogP contribution is -2.38. The first-order valence-corrected chi connectivity index (χ1v) is 8.57. The fourth-order valence-electron chi connectivity index (χ4n) is 2.80. The Hall–Kier alpha value is -0.890. The van der Waals surface area contributed by atoms with Gasteiger partial charge in [0.2, 0.25) is 0 Å². The first-order valence-electron chi connectivity index (χ1n) is 7.50. The van der Waals surface area contributed by atoms with Crippen molar-refractivity contribution in [2.75, 3.05) is 25.0 Å². The van der Waals surface area contributed by atoms with Crippen LogP contribution in [0.1, 0.15) is 32.6 Å². The second kappa shape index (κ2) is 7.93. The average molecular weight is 403 g/mol. The molecule has 0 spiro atoms. The fourth-order valence-corrected chi connectivity index (χ4v) is 3.28. The molecule has 0 aromatic heterocycles. The van der Waals surface area contributed by atoms with Gasteiger partial charge in [-0.3, -0.25) is 10.1 Å². The summed E-state index contributed by atoms with van der Waals surface area (Å²) in [5.41, 5.74) is 0.778. The Labute approximate surface area is 139 Å². The van der Waals surface area contributed by atoms with Gasteiger partial charge in [0, 0.05) is 28.8 Å². The lowest BCUT2D eigenvalue weighted by atomic mass is 10.0. The van der Waals surface area contributed by atoms with Gasteiger partial charge in [-0.05, 0) is 67.5 Å². The van der Waals surface area contributed by atoms with Crippen molar-refractivity contribution in [2.24, 2.45) is 0 Å². The normalized spacial score (nSPS) is 19.4. The maximum atomic E-state index is 11.1. The topological polar surface area (TPSA) is 58.4 Å². The molecule has 1 aromatic rings. The third kappa shape index (κ3) is 4.81. The van der Waals surface area contributed by atoms with E-state index in [1.54, 1.807) is 12.1 Å². The van der Waals surface area contributed by atoms with Gasteiger partial charge in [-0.15, -0.1) is 0 Å². The molecule has 0 aliphatic carbocycles. The first kappa shape index (κ1) is 16.5. The Morgan fingerprint density at radius 3 is 3.00 bits per heavy atom. The van der Waals surface area contributed by atoms with Crippen molar-refractivity contribution in [2.45, 2.75) is 38.6 Å². The number of hydrogen-bond donors (Lipinski definition) is 1. The maximum Gasteiger partial charge on any atom is 0.293 e. The monoisotopic (exact) mass is 403 g/mol. The van der Waals surface area contributed by atoms with Crippen LogP contribution in [0.3, 0.4) is 0 Å². The van der Waals surface area contributed by atoms with Gasteiger partial charge in [0.15, 0.2) is 0 Å². The molecule has 1 aliphatic heterocycles. The molecule has 1 unspecified atom stereocenters. The van der Waals surface area contributed by atoms with Crippen molar-refractivity contribution >= 4 is 34.0 Å². The number of piperidine rings is 1. The summed E-state index contributed by atoms with van der Waals surface area (Å²) in [6.07, 6.45) is 4.93. The summed E-state index contributed by atoms with van der Waals surface area (Å²) in [4.78, 5) is 13.3. The number of benzene rings is 1. The predicted octanol–water partition coefficient (Wildman–Crippen LogP) is 3.88. The van der Waals surface area contributed by atoms with E-state index in [1.165, 1.54) is 25.8 Å². The molecule has 6 heteroatoms. The van der Waals surface area contributed by atoms with Crippen molar-refractivity contribution in [3.8, 4) is 0 Å². The molecule has 0 amide bonds. The molecule has 1 aliphatic rings. The molecular formula is C15H22IN3O2. The van der Waals surface area contributed by atoms with Gasteiger partial charge in [0.1, 0.15) is 5.69 Å². The zero-order chi connectivity index (χ0) is 15.2. The summed E-state index contributed by atoms with van der Waals surface area (Å²) in [5, 5.41) is 14.3. The van der Waals surface area contributed by atoms with E-state index in [4.69, 9.17) is 0 Å². The van der Waals surface area contributed by atoms with Crippen molar-refractivity contribution in [1.29, 1.82) is 0 Å². The Morgan fingerprint density at radius 1 is 1.48 bits per heavy atom. The number of nitro groups is 1. The van der Waals surface area contributed by atoms with Crippen LogP contribution < -0.4 is 5.32 Å². The summed E-state index contributed by atoms with van der Waals surface area (Å²) in [5.74, 6) is 0. The smallest absolute Gasteiger partial charge is 0.293 e. The molecule has 5 nitrogen and oxygen atoms in total. The number of anilines is 1. The molecule has 116 valence electrons. The zero-order valence-corrected chi connectivity index (χ0v) is 14.5. The highest BCUT2D eigenvalue weighted by Gasteiger charge is 2.17. The number of nitro benzene ring substituents is 1. The van der Waals surface area contributed by atoms with Gasteiger partial charge in [-0.2, -0.15) is 0 Å². The molecule has 1 saturated heterocycles. The van der Waals surface area contributed by atoms with Crippen LogP contribution in [0.25, 0.3) is 0 Å². The highest BCUT2D eigenvalue weighted by Crippen LogP contribution is 2.26. The minimum absolute atomic E-state index is 0.160. The molecule has 0 bridgehead atoms. The van der Waals surface area contributed by atoms with Crippen molar-refractivity contribution < 1.29 is 4.92 Å². The van der Waals surface area contributed by atoms with Crippen LogP contribution in [0.2, 0.25) is 0 Å². The molecule has 0 saturated carbocycles. The molecular weight excluding hydrogens is 381 g/mol. The SMILES string of the molecule is CC1CCCCN1CCCNc1ccc(I)cc1[N+](=O)[O-]. The number of halogens is 1. The van der Waals surface area contributed by atoms with Gasteiger partial charge in [-0.1, -0.05) is 6.42 Å². The highest BCUT2D eigenvalue weighted by atomic mass is 127. The molecule has 0 radical (unpaired) electrons. The van der Waals surface area contributed by atoms with E-state index in [0.29, 0.717) is 11.7 Å². The third-order valence-electron chi connectivity index (χ3n) is 4.03. The summed E-state index contributed by atoms with van der Waals surface area (Å²) in [6.45, 7) is 5.30. The molecule has 21 heavy (non-hydrogen) atoms. The Balaban J connectivity index is 1.82. The van der Waals surface area contributed by atoms with Gasteiger partial charge in [0.25, 0.3) is 5.69 Å². The van der Waals surface area contributed by atoms with Crippen LogP contribution in [0.4, 0.5) is 11.4 Å². The van der Waals surface area contributed by atoms with E-state index in [1.807, 2.05) is 6.07 Å². The molecule has 1 N–H and O–H groups in total. The van der Waals surface area contributed by atoms with E-state index in [2.05, 4.69) is 39.7 Å². The third-order valence-corrected chi connectivity index (χ3v) is 4.71. The number of likely N-dealkylation sites (tertiary alicyclic amines) is 1. The van der Waals surface area contributed by atoms with Crippen LogP contribution in [-0.2, 0) is 0 Å². The largest absolute Gasteiger partial charge is 0.379 e. The average Bonchev–Trinajstić information content (AvgIpc) is 2.46. The minimum Gasteiger partial charge on any atom is -0.379 e. The standard InChI is InChI=1S/C15H22IN3O2/c1-12-5-2-3-9-18(12)10-4-8-17-14-7-6-13(16)11-15(14)19(20)21/h6-7,11-12,17H,2-5,8-10H2,1H3. The zero-order valence-electron chi connectivity index (χ0n) is 12.3. The number of rotatable bonds is 6. The summed E-state index contributed by atoms with van der Waals surface area (Å²) in [7, 11) is 0. The van der Waals surface area contributed by atoms with Crippen molar-refractivity contribution in [3.63, 3.8) is 0 Å². The number of nitrogens with zero attached hydrogens (tertiary/aromatic N) is 2.